The van der Waals surface area contributed by atoms with Gasteiger partial charge >= 0.3 is 19.7 Å². The maximum absolute atomic E-state index is 12.0. The van der Waals surface area contributed by atoms with Gasteiger partial charge in [0.1, 0.15) is 6.10 Å². The zero-order chi connectivity index (χ0) is 26.0. The number of carbonyl (C=O) groups is 1. The number of nitrogen functional groups attached to an aromatic ring is 1. The van der Waals surface area contributed by atoms with Crippen molar-refractivity contribution in [1.82, 2.24) is 24.8 Å². The highest BCUT2D eigenvalue weighted by molar-refractivity contribution is 9.10. The van der Waals surface area contributed by atoms with E-state index in [4.69, 9.17) is 15.6 Å². The molecule has 0 aliphatic carbocycles. The van der Waals surface area contributed by atoms with Crippen LogP contribution in [0.5, 0.6) is 6.01 Å². The highest BCUT2D eigenvalue weighted by atomic mass is 79.9. The summed E-state index contributed by atoms with van der Waals surface area (Å²) in [6.45, 7) is 6.09. The van der Waals surface area contributed by atoms with Gasteiger partial charge in [-0.3, -0.25) is 9.13 Å². The molecule has 0 spiro atoms. The van der Waals surface area contributed by atoms with Crippen molar-refractivity contribution in [3.63, 3.8) is 0 Å². The number of fused-ring (bicyclic) bond motifs is 1. The van der Waals surface area contributed by atoms with Gasteiger partial charge in [-0.25, -0.2) is 9.78 Å². The SMILES string of the molecule is COP(=O)(O)Cc1cccc(Cn2c(Br)nc3c(N)nc(OC(CNC(=O)O)C(C)(C)C)nc32)c1. The Morgan fingerprint density at radius 3 is 2.60 bits per heavy atom. The number of hydrogen-bond acceptors (Lipinski definition) is 8. The maximum Gasteiger partial charge on any atom is 0.404 e. The smallest absolute Gasteiger partial charge is 0.404 e. The molecule has 0 fully saturated rings. The van der Waals surface area contributed by atoms with E-state index in [2.05, 4.69) is 40.7 Å². The predicted molar refractivity (Wildman–Crippen MR) is 133 cm³/mol. The molecule has 2 aromatic heterocycles. The van der Waals surface area contributed by atoms with Crippen molar-refractivity contribution < 1.29 is 28.6 Å². The van der Waals surface area contributed by atoms with E-state index in [-0.39, 0.29) is 24.5 Å². The Balaban J connectivity index is 1.94. The number of benzene rings is 1. The Hall–Kier alpha value is -2.73. The van der Waals surface area contributed by atoms with Crippen LogP contribution in [0.25, 0.3) is 11.2 Å². The minimum atomic E-state index is -3.71. The number of nitrogens with two attached hydrogens (primary N) is 1. The van der Waals surface area contributed by atoms with Crippen LogP contribution in [0.15, 0.2) is 29.0 Å². The van der Waals surface area contributed by atoms with Crippen molar-refractivity contribution in [2.24, 2.45) is 5.41 Å². The summed E-state index contributed by atoms with van der Waals surface area (Å²) in [5, 5.41) is 11.3. The van der Waals surface area contributed by atoms with E-state index in [0.29, 0.717) is 28.0 Å². The fraction of sp³-hybridized carbons (Fsp3) is 0.429. The van der Waals surface area contributed by atoms with E-state index in [1.54, 1.807) is 22.8 Å². The fourth-order valence-electron chi connectivity index (χ4n) is 3.30. The first-order chi connectivity index (χ1) is 16.3. The zero-order valence-corrected chi connectivity index (χ0v) is 22.2. The van der Waals surface area contributed by atoms with Crippen LogP contribution in [0.3, 0.4) is 0 Å². The van der Waals surface area contributed by atoms with Crippen molar-refractivity contribution in [1.29, 1.82) is 0 Å². The van der Waals surface area contributed by atoms with Gasteiger partial charge < -0.3 is 30.3 Å². The zero-order valence-electron chi connectivity index (χ0n) is 19.7. The van der Waals surface area contributed by atoms with E-state index in [1.165, 1.54) is 7.11 Å². The second-order valence-electron chi connectivity index (χ2n) is 8.99. The average molecular weight is 571 g/mol. The van der Waals surface area contributed by atoms with Crippen LogP contribution in [-0.4, -0.2) is 55.4 Å². The van der Waals surface area contributed by atoms with Gasteiger partial charge in [-0.1, -0.05) is 45.0 Å². The van der Waals surface area contributed by atoms with Crippen LogP contribution < -0.4 is 15.8 Å². The highest BCUT2D eigenvalue weighted by Crippen LogP contribution is 2.44. The molecule has 3 aromatic rings. The quantitative estimate of drug-likeness (QED) is 0.219. The number of imidazole rings is 1. The molecule has 0 saturated carbocycles. The first-order valence-electron chi connectivity index (χ1n) is 10.6. The maximum atomic E-state index is 12.0. The molecule has 0 aliphatic heterocycles. The standard InChI is InChI=1S/C21H28BrN6O6P/c1-21(2,3)14(9-24-20(29)30)34-19-26-16(23)15-17(27-19)28(18(22)25-15)10-12-6-5-7-13(8-12)11-35(31,32)33-4/h5-8,14,24H,9-11H2,1-4H3,(H,29,30)(H,31,32)(H2,23,26,27). The Morgan fingerprint density at radius 2 is 1.97 bits per heavy atom. The van der Waals surface area contributed by atoms with Crippen molar-refractivity contribution in [3.8, 4) is 6.01 Å². The molecule has 190 valence electrons. The van der Waals surface area contributed by atoms with Gasteiger partial charge in [-0.15, -0.1) is 0 Å². The van der Waals surface area contributed by atoms with Crippen LogP contribution >= 0.6 is 23.5 Å². The molecule has 1 aromatic carbocycles. The molecule has 5 N–H and O–H groups in total. The molecule has 2 heterocycles. The number of anilines is 1. The number of ether oxygens (including phenoxy) is 1. The van der Waals surface area contributed by atoms with E-state index >= 15 is 0 Å². The predicted octanol–water partition coefficient (Wildman–Crippen LogP) is 3.61. The summed E-state index contributed by atoms with van der Waals surface area (Å²) in [6, 6.07) is 7.19. The van der Waals surface area contributed by atoms with E-state index in [0.717, 1.165) is 5.56 Å². The van der Waals surface area contributed by atoms with Gasteiger partial charge in [0.05, 0.1) is 19.3 Å². The van der Waals surface area contributed by atoms with Crippen molar-refractivity contribution in [2.75, 3.05) is 19.4 Å². The summed E-state index contributed by atoms with van der Waals surface area (Å²) < 4.78 is 24.8. The molecular formula is C21H28BrN6O6P. The van der Waals surface area contributed by atoms with Crippen LogP contribution in [0.2, 0.25) is 0 Å². The Bertz CT molecular complexity index is 1280. The topological polar surface area (TPSA) is 175 Å². The van der Waals surface area contributed by atoms with Crippen molar-refractivity contribution in [2.45, 2.75) is 39.6 Å². The molecule has 1 amide bonds. The summed E-state index contributed by atoms with van der Waals surface area (Å²) in [5.41, 5.74) is 7.97. The molecule has 0 saturated heterocycles. The van der Waals surface area contributed by atoms with Gasteiger partial charge in [0.2, 0.25) is 0 Å². The summed E-state index contributed by atoms with van der Waals surface area (Å²) >= 11 is 3.44. The normalized spacial score (nSPS) is 14.5. The average Bonchev–Trinajstić information content (AvgIpc) is 3.06. The Labute approximate surface area is 210 Å². The monoisotopic (exact) mass is 570 g/mol. The number of carboxylic acid groups (broad SMARTS) is 1. The minimum Gasteiger partial charge on any atom is -0.465 e. The van der Waals surface area contributed by atoms with Gasteiger partial charge in [0.15, 0.2) is 21.7 Å². The Kier molecular flexibility index (Phi) is 8.05. The largest absolute Gasteiger partial charge is 0.465 e. The number of rotatable bonds is 9. The lowest BCUT2D eigenvalue weighted by Crippen LogP contribution is -2.43. The van der Waals surface area contributed by atoms with Crippen molar-refractivity contribution in [3.05, 3.63) is 40.1 Å². The number of nitrogens with one attached hydrogen (secondary N) is 1. The summed E-state index contributed by atoms with van der Waals surface area (Å²) in [4.78, 5) is 33.9. The van der Waals surface area contributed by atoms with Gasteiger partial charge in [0, 0.05) is 12.5 Å². The molecule has 35 heavy (non-hydrogen) atoms. The molecule has 0 aliphatic rings. The molecule has 3 rings (SSSR count). The lowest BCUT2D eigenvalue weighted by molar-refractivity contribution is 0.0762. The fourth-order valence-corrected chi connectivity index (χ4v) is 4.56. The van der Waals surface area contributed by atoms with Crippen LogP contribution in [-0.2, 0) is 21.8 Å². The van der Waals surface area contributed by atoms with Crippen LogP contribution in [0.4, 0.5) is 10.6 Å². The third kappa shape index (κ3) is 6.91. The van der Waals surface area contributed by atoms with Crippen molar-refractivity contribution >= 4 is 46.6 Å². The first-order valence-corrected chi connectivity index (χ1v) is 13.1. The van der Waals surface area contributed by atoms with E-state index in [9.17, 15) is 14.3 Å². The lowest BCUT2D eigenvalue weighted by Gasteiger charge is -2.30. The third-order valence-corrected chi connectivity index (χ3v) is 7.15. The molecule has 2 atom stereocenters. The summed E-state index contributed by atoms with van der Waals surface area (Å²) in [5.74, 6) is 0.110. The van der Waals surface area contributed by atoms with Gasteiger partial charge in [-0.2, -0.15) is 9.97 Å². The van der Waals surface area contributed by atoms with Gasteiger partial charge in [-0.05, 0) is 27.1 Å². The number of amides is 1. The molecule has 0 radical (unpaired) electrons. The lowest BCUT2D eigenvalue weighted by atomic mass is 9.89. The first kappa shape index (κ1) is 26.9. The van der Waals surface area contributed by atoms with Crippen LogP contribution in [0, 0.1) is 5.41 Å². The van der Waals surface area contributed by atoms with Crippen LogP contribution in [0.1, 0.15) is 31.9 Å². The third-order valence-electron chi connectivity index (χ3n) is 5.21. The Morgan fingerprint density at radius 1 is 1.29 bits per heavy atom. The number of aromatic nitrogens is 4. The molecule has 2 unspecified atom stereocenters. The summed E-state index contributed by atoms with van der Waals surface area (Å²) in [6.07, 6.45) is -1.84. The molecule has 12 nitrogen and oxygen atoms in total. The highest BCUT2D eigenvalue weighted by Gasteiger charge is 2.29. The number of hydrogen-bond donors (Lipinski definition) is 4. The molecule has 0 bridgehead atoms. The van der Waals surface area contributed by atoms with E-state index in [1.807, 2.05) is 26.8 Å². The molecular weight excluding hydrogens is 543 g/mol. The second-order valence-corrected chi connectivity index (χ2v) is 11.7. The van der Waals surface area contributed by atoms with Gasteiger partial charge in [0.25, 0.3) is 0 Å². The summed E-state index contributed by atoms with van der Waals surface area (Å²) in [7, 11) is -2.51. The number of halogens is 1. The second kappa shape index (κ2) is 10.5. The van der Waals surface area contributed by atoms with E-state index < -0.39 is 25.2 Å². The molecule has 14 heteroatoms. The minimum absolute atomic E-state index is 0.00849. The number of nitrogens with zero attached hydrogens (tertiary/aromatic N) is 4.